The van der Waals surface area contributed by atoms with Crippen LogP contribution in [0.1, 0.15) is 43.9 Å². The highest BCUT2D eigenvalue weighted by atomic mass is 32.2. The number of aromatic nitrogens is 2. The maximum absolute atomic E-state index is 13.4. The van der Waals surface area contributed by atoms with E-state index < -0.39 is 39.9 Å². The summed E-state index contributed by atoms with van der Waals surface area (Å²) in [5.41, 5.74) is -1.83. The number of rotatable bonds is 4. The van der Waals surface area contributed by atoms with E-state index in [1.54, 1.807) is 0 Å². The number of thioether (sulfide) groups is 1. The zero-order chi connectivity index (χ0) is 18.7. The van der Waals surface area contributed by atoms with Gasteiger partial charge in [-0.3, -0.25) is 14.3 Å². The molecule has 26 heavy (non-hydrogen) atoms. The number of carbonyl (C=O) groups is 1. The third-order valence-electron chi connectivity index (χ3n) is 4.62. The van der Waals surface area contributed by atoms with Crippen LogP contribution in [0.5, 0.6) is 0 Å². The van der Waals surface area contributed by atoms with E-state index in [1.165, 1.54) is 11.8 Å². The zero-order valence-corrected chi connectivity index (χ0v) is 14.9. The van der Waals surface area contributed by atoms with Crippen LogP contribution in [0.25, 0.3) is 0 Å². The number of carbonyl (C=O) groups excluding carboxylic acids is 1. The van der Waals surface area contributed by atoms with E-state index in [-0.39, 0.29) is 19.1 Å². The Hall–Kier alpha value is -1.81. The molecule has 1 aromatic rings. The summed E-state index contributed by atoms with van der Waals surface area (Å²) in [5, 5.41) is 9.10. The molecule has 1 aromatic heterocycles. The van der Waals surface area contributed by atoms with Crippen molar-refractivity contribution in [2.24, 2.45) is 0 Å². The van der Waals surface area contributed by atoms with E-state index in [1.807, 2.05) is 4.98 Å². The second-order valence-electron chi connectivity index (χ2n) is 6.51. The van der Waals surface area contributed by atoms with Crippen molar-refractivity contribution >= 4 is 17.9 Å². The van der Waals surface area contributed by atoms with Gasteiger partial charge in [0, 0.05) is 6.42 Å². The normalized spacial score (nSPS) is 26.6. The minimum absolute atomic E-state index is 0.0749. The van der Waals surface area contributed by atoms with Crippen molar-refractivity contribution < 1.29 is 23.8 Å². The van der Waals surface area contributed by atoms with Crippen molar-refractivity contribution in [2.75, 3.05) is 6.61 Å². The van der Waals surface area contributed by atoms with Crippen LogP contribution in [-0.2, 0) is 9.47 Å². The Morgan fingerprint density at radius 1 is 1.35 bits per heavy atom. The molecule has 1 aliphatic heterocycles. The average Bonchev–Trinajstić information content (AvgIpc) is 2.98. The van der Waals surface area contributed by atoms with Crippen LogP contribution >= 0.6 is 11.8 Å². The number of aliphatic hydroxyl groups excluding tert-OH is 1. The molecule has 0 amide bonds. The summed E-state index contributed by atoms with van der Waals surface area (Å²) >= 11 is 1.18. The zero-order valence-electron chi connectivity index (χ0n) is 14.1. The van der Waals surface area contributed by atoms with Crippen LogP contribution in [-0.4, -0.2) is 44.9 Å². The van der Waals surface area contributed by atoms with Gasteiger partial charge in [-0.15, -0.1) is 11.8 Å². The topological polar surface area (TPSA) is 111 Å². The molecule has 0 radical (unpaired) electrons. The van der Waals surface area contributed by atoms with Gasteiger partial charge in [0.2, 0.25) is 5.82 Å². The molecule has 0 aromatic carbocycles. The van der Waals surface area contributed by atoms with Gasteiger partial charge in [-0.2, -0.15) is 4.39 Å². The van der Waals surface area contributed by atoms with Crippen molar-refractivity contribution in [1.82, 2.24) is 9.55 Å². The molecular formula is C16H21FN2O6S. The number of nitrogens with one attached hydrogen (secondary N) is 1. The van der Waals surface area contributed by atoms with E-state index >= 15 is 0 Å². The number of hydrogen-bond donors (Lipinski definition) is 2. The van der Waals surface area contributed by atoms with Crippen molar-refractivity contribution in [2.45, 2.75) is 61.4 Å². The van der Waals surface area contributed by atoms with E-state index in [4.69, 9.17) is 9.47 Å². The van der Waals surface area contributed by atoms with E-state index in [0.717, 1.165) is 42.9 Å². The molecule has 1 aliphatic carbocycles. The fourth-order valence-electron chi connectivity index (χ4n) is 3.21. The van der Waals surface area contributed by atoms with E-state index in [9.17, 15) is 23.9 Å². The molecule has 3 rings (SSSR count). The average molecular weight is 388 g/mol. The third kappa shape index (κ3) is 4.47. The molecule has 0 unspecified atom stereocenters. The van der Waals surface area contributed by atoms with Gasteiger partial charge in [0.25, 0.3) is 5.56 Å². The van der Waals surface area contributed by atoms with Crippen molar-refractivity contribution in [1.29, 1.82) is 0 Å². The van der Waals surface area contributed by atoms with E-state index in [0.29, 0.717) is 0 Å². The number of hydrogen-bond acceptors (Lipinski definition) is 7. The third-order valence-corrected chi connectivity index (χ3v) is 6.15. The van der Waals surface area contributed by atoms with Gasteiger partial charge >= 0.3 is 11.8 Å². The molecular weight excluding hydrogens is 367 g/mol. The lowest BCUT2D eigenvalue weighted by Crippen LogP contribution is -2.32. The highest BCUT2D eigenvalue weighted by molar-refractivity contribution is 8.00. The Labute approximate surface area is 152 Å². The Balaban J connectivity index is 1.54. The number of aromatic amines is 1. The minimum Gasteiger partial charge on any atom is -0.433 e. The van der Waals surface area contributed by atoms with Gasteiger partial charge in [-0.1, -0.05) is 6.42 Å². The molecule has 1 saturated heterocycles. The lowest BCUT2D eigenvalue weighted by Gasteiger charge is -2.22. The Kier molecular flexibility index (Phi) is 6.02. The summed E-state index contributed by atoms with van der Waals surface area (Å²) in [6.07, 6.45) is 4.14. The molecule has 2 fully saturated rings. The highest BCUT2D eigenvalue weighted by Crippen LogP contribution is 2.41. The van der Waals surface area contributed by atoms with Gasteiger partial charge in [0.1, 0.15) is 12.7 Å². The molecule has 3 atom stereocenters. The highest BCUT2D eigenvalue weighted by Gasteiger charge is 2.36. The second-order valence-corrected chi connectivity index (χ2v) is 7.94. The Bertz CT molecular complexity index is 760. The molecule has 2 N–H and O–H groups in total. The standard InChI is InChI=1S/C16H21FN2O6S/c17-10-7-19(15(22)18-14(10)21)13-6-11(20)12(26-13)8-24-16(23)25-9-4-2-1-3-5-9/h7,9,11-13,20H,1-6,8H2,(H,18,21,22)/t11-,12+,13+/m0/s1. The quantitative estimate of drug-likeness (QED) is 0.753. The Morgan fingerprint density at radius 2 is 2.08 bits per heavy atom. The largest absolute Gasteiger partial charge is 0.508 e. The summed E-state index contributed by atoms with van der Waals surface area (Å²) < 4.78 is 24.8. The number of nitrogens with zero attached hydrogens (tertiary/aromatic N) is 1. The first-order valence-electron chi connectivity index (χ1n) is 8.62. The van der Waals surface area contributed by atoms with Crippen LogP contribution in [0.2, 0.25) is 0 Å². The first-order chi connectivity index (χ1) is 12.4. The van der Waals surface area contributed by atoms with Crippen LogP contribution in [0.15, 0.2) is 15.8 Å². The van der Waals surface area contributed by atoms with Crippen LogP contribution in [0.4, 0.5) is 9.18 Å². The molecule has 1 saturated carbocycles. The molecule has 2 heterocycles. The van der Waals surface area contributed by atoms with E-state index in [2.05, 4.69) is 0 Å². The summed E-state index contributed by atoms with van der Waals surface area (Å²) in [7, 11) is 0. The summed E-state index contributed by atoms with van der Waals surface area (Å²) in [4.78, 5) is 36.6. The summed E-state index contributed by atoms with van der Waals surface area (Å²) in [6, 6.07) is 0. The smallest absolute Gasteiger partial charge is 0.433 e. The molecule has 144 valence electrons. The SMILES string of the molecule is O=C(OC[C@H]1S[C@@H](n2cc(F)c(=O)[nH]c2=O)C[C@@H]1O)OC1CCCCC1. The number of ether oxygens (including phenoxy) is 2. The minimum atomic E-state index is -1.08. The fourth-order valence-corrected chi connectivity index (χ4v) is 4.65. The monoisotopic (exact) mass is 388 g/mol. The first kappa shape index (κ1) is 19.0. The molecule has 10 heteroatoms. The van der Waals surface area contributed by atoms with Crippen molar-refractivity contribution in [3.05, 3.63) is 32.9 Å². The lowest BCUT2D eigenvalue weighted by atomic mass is 9.98. The van der Waals surface area contributed by atoms with Gasteiger partial charge in [-0.25, -0.2) is 9.59 Å². The lowest BCUT2D eigenvalue weighted by molar-refractivity contribution is 0.00689. The van der Waals surface area contributed by atoms with Crippen molar-refractivity contribution in [3.8, 4) is 0 Å². The van der Waals surface area contributed by atoms with Crippen LogP contribution < -0.4 is 11.2 Å². The fraction of sp³-hybridized carbons (Fsp3) is 0.688. The van der Waals surface area contributed by atoms with Gasteiger partial charge in [-0.05, 0) is 25.7 Å². The maximum atomic E-state index is 13.4. The summed E-state index contributed by atoms with van der Waals surface area (Å²) in [6.45, 7) is -0.0749. The molecule has 2 aliphatic rings. The number of H-pyrrole nitrogens is 1. The predicted octanol–water partition coefficient (Wildman–Crippen LogP) is 1.53. The first-order valence-corrected chi connectivity index (χ1v) is 9.56. The van der Waals surface area contributed by atoms with Crippen molar-refractivity contribution in [3.63, 3.8) is 0 Å². The van der Waals surface area contributed by atoms with Crippen LogP contribution in [0, 0.1) is 5.82 Å². The molecule has 8 nitrogen and oxygen atoms in total. The number of aliphatic hydroxyl groups is 1. The number of halogens is 1. The second kappa shape index (κ2) is 8.26. The van der Waals surface area contributed by atoms with Crippen LogP contribution in [0.3, 0.4) is 0 Å². The Morgan fingerprint density at radius 3 is 2.81 bits per heavy atom. The van der Waals surface area contributed by atoms with Gasteiger partial charge < -0.3 is 14.6 Å². The predicted molar refractivity (Wildman–Crippen MR) is 91.6 cm³/mol. The molecule has 0 bridgehead atoms. The van der Waals surface area contributed by atoms with Gasteiger partial charge in [0.05, 0.1) is 22.9 Å². The summed E-state index contributed by atoms with van der Waals surface area (Å²) in [5.74, 6) is -1.07. The van der Waals surface area contributed by atoms with Gasteiger partial charge in [0.15, 0.2) is 0 Å². The molecule has 0 spiro atoms. The maximum Gasteiger partial charge on any atom is 0.508 e.